The van der Waals surface area contributed by atoms with Crippen LogP contribution in [0.2, 0.25) is 0 Å². The van der Waals surface area contributed by atoms with E-state index in [0.717, 1.165) is 19.3 Å². The summed E-state index contributed by atoms with van der Waals surface area (Å²) in [5.74, 6) is 2.17. The van der Waals surface area contributed by atoms with Gasteiger partial charge in [0.15, 0.2) is 6.10 Å². The molecule has 0 radical (unpaired) electrons. The number of anilines is 2. The van der Waals surface area contributed by atoms with Crippen LogP contribution < -0.4 is 20.7 Å². The lowest BCUT2D eigenvalue weighted by molar-refractivity contribution is -0.147. The second kappa shape index (κ2) is 7.00. The van der Waals surface area contributed by atoms with E-state index in [-0.39, 0.29) is 23.1 Å². The largest absolute Gasteiger partial charge is 0.479 e. The van der Waals surface area contributed by atoms with Crippen LogP contribution >= 0.6 is 0 Å². The van der Waals surface area contributed by atoms with Gasteiger partial charge in [-0.15, -0.1) is 0 Å². The van der Waals surface area contributed by atoms with Gasteiger partial charge in [0.2, 0.25) is 11.8 Å². The van der Waals surface area contributed by atoms with Crippen molar-refractivity contribution in [2.45, 2.75) is 64.5 Å². The standard InChI is InChI=1S/C23H29N3O4/c1-12(24-22(29)23-9-14-5-15(10-23)7-16(6-14)11-23)20(27)25-17-3-4-19-18(8-17)26-21(28)13(2)30-19/h3-4,8,12-16H,5-7,9-11H2,1-2H3,(H,24,29)(H,25,27)(H,26,28)/t12-,13+,14?,15?,16?,23?/m0/s1. The number of rotatable bonds is 4. The fourth-order valence-corrected chi connectivity index (χ4v) is 6.34. The Hall–Kier alpha value is -2.57. The van der Waals surface area contributed by atoms with Crippen LogP contribution in [0, 0.1) is 23.2 Å². The van der Waals surface area contributed by atoms with Gasteiger partial charge in [-0.2, -0.15) is 0 Å². The van der Waals surface area contributed by atoms with E-state index >= 15 is 0 Å². The Balaban J connectivity index is 1.22. The maximum Gasteiger partial charge on any atom is 0.265 e. The molecule has 3 amide bonds. The molecule has 2 atom stereocenters. The second-order valence-electron chi connectivity index (χ2n) is 9.84. The molecule has 7 nitrogen and oxygen atoms in total. The summed E-state index contributed by atoms with van der Waals surface area (Å²) in [5.41, 5.74) is 0.808. The third-order valence-corrected chi connectivity index (χ3v) is 7.44. The average Bonchev–Trinajstić information content (AvgIpc) is 2.68. The van der Waals surface area contributed by atoms with Gasteiger partial charge in [0.25, 0.3) is 5.91 Å². The molecule has 0 saturated heterocycles. The molecule has 1 heterocycles. The van der Waals surface area contributed by atoms with Gasteiger partial charge in [-0.25, -0.2) is 0 Å². The average molecular weight is 412 g/mol. The highest BCUT2D eigenvalue weighted by molar-refractivity contribution is 6.01. The molecular formula is C23H29N3O4. The van der Waals surface area contributed by atoms with E-state index in [2.05, 4.69) is 16.0 Å². The van der Waals surface area contributed by atoms with Crippen molar-refractivity contribution in [1.82, 2.24) is 5.32 Å². The van der Waals surface area contributed by atoms with Gasteiger partial charge in [0.1, 0.15) is 11.8 Å². The quantitative estimate of drug-likeness (QED) is 0.709. The van der Waals surface area contributed by atoms with Crippen LogP contribution in [0.3, 0.4) is 0 Å². The summed E-state index contributed by atoms with van der Waals surface area (Å²) in [6.07, 6.45) is 6.21. The molecule has 3 N–H and O–H groups in total. The highest BCUT2D eigenvalue weighted by atomic mass is 16.5. The number of benzene rings is 1. The molecule has 0 spiro atoms. The Bertz CT molecular complexity index is 876. The molecule has 160 valence electrons. The summed E-state index contributed by atoms with van der Waals surface area (Å²) in [7, 11) is 0. The van der Waals surface area contributed by atoms with Gasteiger partial charge >= 0.3 is 0 Å². The third kappa shape index (κ3) is 3.34. The summed E-state index contributed by atoms with van der Waals surface area (Å²) in [5, 5.41) is 8.60. The lowest BCUT2D eigenvalue weighted by Gasteiger charge is -2.55. The molecule has 0 unspecified atom stereocenters. The third-order valence-electron chi connectivity index (χ3n) is 7.44. The lowest BCUT2D eigenvalue weighted by Crippen LogP contribution is -2.56. The summed E-state index contributed by atoms with van der Waals surface area (Å²) < 4.78 is 5.54. The van der Waals surface area contributed by atoms with Gasteiger partial charge in [0, 0.05) is 11.1 Å². The summed E-state index contributed by atoms with van der Waals surface area (Å²) in [4.78, 5) is 37.7. The Morgan fingerprint density at radius 2 is 1.77 bits per heavy atom. The highest BCUT2D eigenvalue weighted by Gasteiger charge is 2.54. The van der Waals surface area contributed by atoms with Crippen molar-refractivity contribution < 1.29 is 19.1 Å². The van der Waals surface area contributed by atoms with Crippen LogP contribution in [-0.2, 0) is 14.4 Å². The number of hydrogen-bond donors (Lipinski definition) is 3. The number of amides is 3. The molecule has 7 heteroatoms. The normalized spacial score (nSPS) is 34.4. The first-order chi connectivity index (χ1) is 14.3. The molecular weight excluding hydrogens is 382 g/mol. The zero-order valence-corrected chi connectivity index (χ0v) is 17.5. The first-order valence-corrected chi connectivity index (χ1v) is 11.0. The summed E-state index contributed by atoms with van der Waals surface area (Å²) >= 11 is 0. The predicted molar refractivity (Wildman–Crippen MR) is 112 cm³/mol. The lowest BCUT2D eigenvalue weighted by atomic mass is 9.49. The molecule has 5 aliphatic rings. The first kappa shape index (κ1) is 19.4. The van der Waals surface area contributed by atoms with Crippen LogP contribution in [0.15, 0.2) is 18.2 Å². The smallest absolute Gasteiger partial charge is 0.265 e. The fourth-order valence-electron chi connectivity index (χ4n) is 6.34. The van der Waals surface area contributed by atoms with Crippen molar-refractivity contribution in [2.75, 3.05) is 10.6 Å². The number of hydrogen-bond acceptors (Lipinski definition) is 4. The van der Waals surface area contributed by atoms with Crippen molar-refractivity contribution >= 4 is 29.1 Å². The van der Waals surface area contributed by atoms with Crippen molar-refractivity contribution in [3.05, 3.63) is 18.2 Å². The first-order valence-electron chi connectivity index (χ1n) is 11.0. The number of nitrogens with one attached hydrogen (secondary N) is 3. The van der Waals surface area contributed by atoms with E-state index in [0.29, 0.717) is 34.9 Å². The SMILES string of the molecule is C[C@H](NC(=O)C12CC3CC(CC(C3)C1)C2)C(=O)Nc1ccc2c(c1)NC(=O)[C@@H](C)O2. The molecule has 6 rings (SSSR count). The molecule has 1 aromatic rings. The molecule has 0 aromatic heterocycles. The van der Waals surface area contributed by atoms with E-state index in [1.807, 2.05) is 0 Å². The van der Waals surface area contributed by atoms with Crippen molar-refractivity contribution in [3.63, 3.8) is 0 Å². The van der Waals surface area contributed by atoms with Gasteiger partial charge in [0.05, 0.1) is 5.69 Å². The Kier molecular flexibility index (Phi) is 4.52. The van der Waals surface area contributed by atoms with Gasteiger partial charge in [-0.3, -0.25) is 14.4 Å². The van der Waals surface area contributed by atoms with E-state index in [9.17, 15) is 14.4 Å². The van der Waals surface area contributed by atoms with E-state index in [4.69, 9.17) is 4.74 Å². The van der Waals surface area contributed by atoms with Gasteiger partial charge in [-0.05, 0) is 88.3 Å². The molecule has 1 aromatic carbocycles. The van der Waals surface area contributed by atoms with E-state index in [1.165, 1.54) is 19.3 Å². The molecule has 4 aliphatic carbocycles. The van der Waals surface area contributed by atoms with Crippen molar-refractivity contribution in [1.29, 1.82) is 0 Å². The van der Waals surface area contributed by atoms with Crippen molar-refractivity contribution in [3.8, 4) is 5.75 Å². The maximum atomic E-state index is 13.2. The van der Waals surface area contributed by atoms with Crippen LogP contribution in [0.25, 0.3) is 0 Å². The predicted octanol–water partition coefficient (Wildman–Crippen LogP) is 3.07. The number of carbonyl (C=O) groups is 3. The van der Waals surface area contributed by atoms with Crippen LogP contribution in [0.1, 0.15) is 52.4 Å². The second-order valence-corrected chi connectivity index (χ2v) is 9.84. The molecule has 30 heavy (non-hydrogen) atoms. The molecule has 1 aliphatic heterocycles. The van der Waals surface area contributed by atoms with Crippen LogP contribution in [0.5, 0.6) is 5.75 Å². The Morgan fingerprint density at radius 1 is 1.13 bits per heavy atom. The number of fused-ring (bicyclic) bond motifs is 1. The summed E-state index contributed by atoms with van der Waals surface area (Å²) in [6, 6.07) is 4.49. The highest BCUT2D eigenvalue weighted by Crippen LogP contribution is 2.60. The minimum atomic E-state index is -0.632. The van der Waals surface area contributed by atoms with Gasteiger partial charge in [-0.1, -0.05) is 0 Å². The fraction of sp³-hybridized carbons (Fsp3) is 0.609. The Labute approximate surface area is 176 Å². The Morgan fingerprint density at radius 3 is 2.40 bits per heavy atom. The van der Waals surface area contributed by atoms with Crippen LogP contribution in [0.4, 0.5) is 11.4 Å². The van der Waals surface area contributed by atoms with E-state index < -0.39 is 12.1 Å². The maximum absolute atomic E-state index is 13.2. The topological polar surface area (TPSA) is 96.5 Å². The number of ether oxygens (including phenoxy) is 1. The minimum Gasteiger partial charge on any atom is -0.479 e. The van der Waals surface area contributed by atoms with E-state index in [1.54, 1.807) is 32.0 Å². The van der Waals surface area contributed by atoms with Crippen LogP contribution in [-0.4, -0.2) is 29.9 Å². The molecule has 4 bridgehead atoms. The molecule has 4 fully saturated rings. The van der Waals surface area contributed by atoms with Crippen molar-refractivity contribution in [2.24, 2.45) is 23.2 Å². The zero-order chi connectivity index (χ0) is 21.0. The molecule has 4 saturated carbocycles. The summed E-state index contributed by atoms with van der Waals surface area (Å²) in [6.45, 7) is 3.40. The van der Waals surface area contributed by atoms with Gasteiger partial charge < -0.3 is 20.7 Å². The monoisotopic (exact) mass is 411 g/mol. The number of carbonyl (C=O) groups excluding carboxylic acids is 3. The minimum absolute atomic E-state index is 0.0457. The zero-order valence-electron chi connectivity index (χ0n) is 17.5.